The minimum Gasteiger partial charge on any atom is -0.492 e. The van der Waals surface area contributed by atoms with E-state index in [0.717, 1.165) is 25.4 Å². The maximum atomic E-state index is 13.5. The first kappa shape index (κ1) is 21.3. The zero-order valence-electron chi connectivity index (χ0n) is 16.9. The molecule has 1 aromatic heterocycles. The number of amides is 1. The van der Waals surface area contributed by atoms with Crippen molar-refractivity contribution < 1.29 is 13.9 Å². The van der Waals surface area contributed by atoms with Crippen LogP contribution in [0, 0.1) is 5.82 Å². The lowest BCUT2D eigenvalue weighted by atomic mass is 10.3. The molecular weight excluding hydrogens is 419 g/mol. The molecule has 0 unspecified atom stereocenters. The molecule has 2 aromatic carbocycles. The molecule has 0 radical (unpaired) electrons. The van der Waals surface area contributed by atoms with Crippen molar-refractivity contribution in [2.45, 2.75) is 5.16 Å². The number of carbonyl (C=O) groups excluding carboxylic acids is 1. The smallest absolute Gasteiger partial charge is 0.233 e. The SMILES string of the molecule is O=C(CSc1nnnn1-c1cccc(F)c1)N1CCN(CCOc2ccccc2)CC1. The van der Waals surface area contributed by atoms with Crippen LogP contribution in [0.4, 0.5) is 4.39 Å². The van der Waals surface area contributed by atoms with Gasteiger partial charge in [-0.15, -0.1) is 5.10 Å². The topological polar surface area (TPSA) is 76.4 Å². The van der Waals surface area contributed by atoms with Crippen LogP contribution in [0.2, 0.25) is 0 Å². The Labute approximate surface area is 184 Å². The number of thioether (sulfide) groups is 1. The Kier molecular flexibility index (Phi) is 7.11. The second-order valence-electron chi connectivity index (χ2n) is 7.03. The molecule has 0 bridgehead atoms. The highest BCUT2D eigenvalue weighted by atomic mass is 32.2. The lowest BCUT2D eigenvalue weighted by Gasteiger charge is -2.34. The van der Waals surface area contributed by atoms with Gasteiger partial charge in [0.2, 0.25) is 11.1 Å². The molecule has 0 saturated carbocycles. The van der Waals surface area contributed by atoms with E-state index in [9.17, 15) is 9.18 Å². The van der Waals surface area contributed by atoms with Crippen molar-refractivity contribution in [3.05, 3.63) is 60.4 Å². The van der Waals surface area contributed by atoms with E-state index >= 15 is 0 Å². The summed E-state index contributed by atoms with van der Waals surface area (Å²) in [6.07, 6.45) is 0. The van der Waals surface area contributed by atoms with Gasteiger partial charge in [0.25, 0.3) is 0 Å². The number of ether oxygens (including phenoxy) is 1. The van der Waals surface area contributed by atoms with Gasteiger partial charge >= 0.3 is 0 Å². The number of hydrogen-bond acceptors (Lipinski definition) is 7. The monoisotopic (exact) mass is 442 g/mol. The summed E-state index contributed by atoms with van der Waals surface area (Å²) in [6.45, 7) is 4.44. The van der Waals surface area contributed by atoms with Crippen LogP contribution in [0.1, 0.15) is 0 Å². The molecule has 8 nitrogen and oxygen atoms in total. The summed E-state index contributed by atoms with van der Waals surface area (Å²) >= 11 is 1.25. The molecule has 1 amide bonds. The standard InChI is InChI=1S/C21H23FN6O2S/c22-17-5-4-6-18(15-17)28-21(23-24-25-28)31-16-20(29)27-11-9-26(10-12-27)13-14-30-19-7-2-1-3-8-19/h1-8,15H,9-14,16H2. The van der Waals surface area contributed by atoms with Gasteiger partial charge in [0, 0.05) is 32.7 Å². The zero-order chi connectivity index (χ0) is 21.5. The van der Waals surface area contributed by atoms with Gasteiger partial charge in [-0.3, -0.25) is 9.69 Å². The first-order valence-corrected chi connectivity index (χ1v) is 11.0. The largest absolute Gasteiger partial charge is 0.492 e. The van der Waals surface area contributed by atoms with Gasteiger partial charge in [-0.1, -0.05) is 36.0 Å². The normalized spacial score (nSPS) is 14.5. The maximum Gasteiger partial charge on any atom is 0.233 e. The molecule has 0 spiro atoms. The molecule has 2 heterocycles. The first-order chi connectivity index (χ1) is 15.2. The van der Waals surface area contributed by atoms with Crippen LogP contribution in [0.15, 0.2) is 59.8 Å². The van der Waals surface area contributed by atoms with Crippen LogP contribution in [0.25, 0.3) is 5.69 Å². The van der Waals surface area contributed by atoms with E-state index in [1.807, 2.05) is 35.2 Å². The third-order valence-electron chi connectivity index (χ3n) is 4.96. The summed E-state index contributed by atoms with van der Waals surface area (Å²) in [5.41, 5.74) is 0.520. The van der Waals surface area contributed by atoms with Gasteiger partial charge in [-0.2, -0.15) is 4.68 Å². The van der Waals surface area contributed by atoms with Crippen LogP contribution in [0.3, 0.4) is 0 Å². The third-order valence-corrected chi connectivity index (χ3v) is 5.87. The molecule has 162 valence electrons. The number of piperazine rings is 1. The molecule has 1 aliphatic rings. The van der Waals surface area contributed by atoms with E-state index in [2.05, 4.69) is 20.4 Å². The zero-order valence-corrected chi connectivity index (χ0v) is 17.7. The van der Waals surface area contributed by atoms with Gasteiger partial charge in [0.15, 0.2) is 0 Å². The van der Waals surface area contributed by atoms with Crippen molar-refractivity contribution in [3.8, 4) is 11.4 Å². The maximum absolute atomic E-state index is 13.5. The van der Waals surface area contributed by atoms with E-state index in [1.165, 1.54) is 28.6 Å². The first-order valence-electron chi connectivity index (χ1n) is 10.0. The summed E-state index contributed by atoms with van der Waals surface area (Å²) in [4.78, 5) is 16.8. The molecule has 4 rings (SSSR count). The highest BCUT2D eigenvalue weighted by molar-refractivity contribution is 7.99. The van der Waals surface area contributed by atoms with E-state index in [0.29, 0.717) is 30.5 Å². The Hall–Kier alpha value is -2.98. The van der Waals surface area contributed by atoms with E-state index < -0.39 is 0 Å². The van der Waals surface area contributed by atoms with E-state index in [1.54, 1.807) is 12.1 Å². The summed E-state index contributed by atoms with van der Waals surface area (Å²) in [6, 6.07) is 15.8. The number of para-hydroxylation sites is 1. The third kappa shape index (κ3) is 5.80. The molecule has 1 aliphatic heterocycles. The summed E-state index contributed by atoms with van der Waals surface area (Å²) in [5, 5.41) is 12.0. The Morgan fingerprint density at radius 2 is 1.87 bits per heavy atom. The van der Waals surface area contributed by atoms with Gasteiger partial charge in [0.1, 0.15) is 18.2 Å². The Bertz CT molecular complexity index is 994. The van der Waals surface area contributed by atoms with Crippen LogP contribution in [-0.4, -0.2) is 81.0 Å². The fourth-order valence-electron chi connectivity index (χ4n) is 3.29. The number of aromatic nitrogens is 4. The van der Waals surface area contributed by atoms with Crippen molar-refractivity contribution in [1.82, 2.24) is 30.0 Å². The molecule has 3 aromatic rings. The van der Waals surface area contributed by atoms with Crippen molar-refractivity contribution >= 4 is 17.7 Å². The lowest BCUT2D eigenvalue weighted by molar-refractivity contribution is -0.130. The molecule has 0 aliphatic carbocycles. The average molecular weight is 443 g/mol. The fraction of sp³-hybridized carbons (Fsp3) is 0.333. The highest BCUT2D eigenvalue weighted by Gasteiger charge is 2.22. The number of hydrogen-bond donors (Lipinski definition) is 0. The Morgan fingerprint density at radius 1 is 1.06 bits per heavy atom. The number of nitrogens with zero attached hydrogens (tertiary/aromatic N) is 6. The number of halogens is 1. The average Bonchev–Trinajstić information content (AvgIpc) is 3.27. The second kappa shape index (κ2) is 10.4. The molecule has 1 saturated heterocycles. The van der Waals surface area contributed by atoms with Crippen molar-refractivity contribution in [3.63, 3.8) is 0 Å². The highest BCUT2D eigenvalue weighted by Crippen LogP contribution is 2.19. The number of tetrazole rings is 1. The van der Waals surface area contributed by atoms with Crippen molar-refractivity contribution in [2.24, 2.45) is 0 Å². The van der Waals surface area contributed by atoms with Crippen molar-refractivity contribution in [1.29, 1.82) is 0 Å². The molecule has 0 atom stereocenters. The minimum absolute atomic E-state index is 0.0407. The fourth-order valence-corrected chi connectivity index (χ4v) is 4.08. The predicted octanol–water partition coefficient (Wildman–Crippen LogP) is 2.12. The molecule has 0 N–H and O–H groups in total. The lowest BCUT2D eigenvalue weighted by Crippen LogP contribution is -2.50. The molecule has 1 fully saturated rings. The summed E-state index contributed by atoms with van der Waals surface area (Å²) in [5.74, 6) is 0.771. The van der Waals surface area contributed by atoms with Crippen LogP contribution in [0.5, 0.6) is 5.75 Å². The van der Waals surface area contributed by atoms with Gasteiger partial charge in [-0.05, 0) is 40.8 Å². The quantitative estimate of drug-likeness (QED) is 0.495. The molecular formula is C21H23FN6O2S. The van der Waals surface area contributed by atoms with Gasteiger partial charge in [0.05, 0.1) is 11.4 Å². The van der Waals surface area contributed by atoms with Crippen LogP contribution < -0.4 is 4.74 Å². The van der Waals surface area contributed by atoms with Crippen molar-refractivity contribution in [2.75, 3.05) is 45.1 Å². The number of rotatable bonds is 8. The molecule has 31 heavy (non-hydrogen) atoms. The Morgan fingerprint density at radius 3 is 2.65 bits per heavy atom. The Balaban J connectivity index is 1.21. The summed E-state index contributed by atoms with van der Waals surface area (Å²) < 4.78 is 20.7. The van der Waals surface area contributed by atoms with Crippen LogP contribution in [-0.2, 0) is 4.79 Å². The summed E-state index contributed by atoms with van der Waals surface area (Å²) in [7, 11) is 0. The van der Waals surface area contributed by atoms with Gasteiger partial charge in [-0.25, -0.2) is 4.39 Å². The van der Waals surface area contributed by atoms with Crippen LogP contribution >= 0.6 is 11.8 Å². The van der Waals surface area contributed by atoms with Gasteiger partial charge < -0.3 is 9.64 Å². The molecule has 10 heteroatoms. The number of carbonyl (C=O) groups is 1. The number of benzene rings is 2. The van der Waals surface area contributed by atoms with E-state index in [-0.39, 0.29) is 17.5 Å². The van der Waals surface area contributed by atoms with E-state index in [4.69, 9.17) is 4.74 Å². The minimum atomic E-state index is -0.368. The second-order valence-corrected chi connectivity index (χ2v) is 7.97. The predicted molar refractivity (Wildman–Crippen MR) is 115 cm³/mol.